The third kappa shape index (κ3) is 1.92. The molecule has 3 unspecified atom stereocenters. The van der Waals surface area contributed by atoms with E-state index in [1.165, 1.54) is 0 Å². The maximum atomic E-state index is 9.51. The van der Waals surface area contributed by atoms with Crippen molar-refractivity contribution in [2.75, 3.05) is 20.7 Å². The van der Waals surface area contributed by atoms with Gasteiger partial charge in [0.15, 0.2) is 0 Å². The summed E-state index contributed by atoms with van der Waals surface area (Å²) in [5, 5.41) is 9.51. The number of ether oxygens (including phenoxy) is 1. The quantitative estimate of drug-likeness (QED) is 0.588. The molecule has 0 aromatic rings. The number of hydrogen-bond acceptors (Lipinski definition) is 3. The van der Waals surface area contributed by atoms with Gasteiger partial charge in [0, 0.05) is 19.7 Å². The Kier molecular flexibility index (Phi) is 2.87. The SMILES string of the molecule is COC1CN(C)C(C)CC1O. The van der Waals surface area contributed by atoms with Crippen molar-refractivity contribution in [1.82, 2.24) is 4.90 Å². The second kappa shape index (κ2) is 3.52. The Bertz CT molecular complexity index is 129. The molecule has 1 aliphatic heterocycles. The van der Waals surface area contributed by atoms with Crippen molar-refractivity contribution < 1.29 is 9.84 Å². The maximum Gasteiger partial charge on any atom is 0.0957 e. The average molecular weight is 159 g/mol. The fourth-order valence-electron chi connectivity index (χ4n) is 1.50. The van der Waals surface area contributed by atoms with Crippen LogP contribution in [0.5, 0.6) is 0 Å². The first kappa shape index (κ1) is 8.97. The lowest BCUT2D eigenvalue weighted by Gasteiger charge is -2.37. The Morgan fingerprint density at radius 3 is 2.73 bits per heavy atom. The number of likely N-dealkylation sites (tertiary alicyclic amines) is 1. The van der Waals surface area contributed by atoms with Gasteiger partial charge < -0.3 is 14.7 Å². The smallest absolute Gasteiger partial charge is 0.0957 e. The van der Waals surface area contributed by atoms with Crippen LogP contribution in [0.4, 0.5) is 0 Å². The molecule has 0 saturated carbocycles. The van der Waals surface area contributed by atoms with E-state index in [0.717, 1.165) is 13.0 Å². The molecule has 0 spiro atoms. The molecule has 3 atom stereocenters. The van der Waals surface area contributed by atoms with Gasteiger partial charge in [-0.1, -0.05) is 0 Å². The summed E-state index contributed by atoms with van der Waals surface area (Å²) >= 11 is 0. The third-order valence-electron chi connectivity index (χ3n) is 2.53. The minimum Gasteiger partial charge on any atom is -0.390 e. The summed E-state index contributed by atoms with van der Waals surface area (Å²) in [6.07, 6.45) is 0.525. The molecule has 3 heteroatoms. The Balaban J connectivity index is 2.48. The second-order valence-corrected chi connectivity index (χ2v) is 3.37. The molecule has 1 saturated heterocycles. The van der Waals surface area contributed by atoms with Gasteiger partial charge >= 0.3 is 0 Å². The molecule has 0 radical (unpaired) electrons. The van der Waals surface area contributed by atoms with Gasteiger partial charge in [-0.3, -0.25) is 0 Å². The topological polar surface area (TPSA) is 32.7 Å². The van der Waals surface area contributed by atoms with Crippen LogP contribution in [0.1, 0.15) is 13.3 Å². The number of aliphatic hydroxyl groups is 1. The standard InChI is InChI=1S/C8H17NO2/c1-6-4-7(10)8(11-3)5-9(6)2/h6-8,10H,4-5H2,1-3H3. The van der Waals surface area contributed by atoms with Crippen molar-refractivity contribution >= 4 is 0 Å². The Hall–Kier alpha value is -0.120. The minimum absolute atomic E-state index is 0.00352. The summed E-state index contributed by atoms with van der Waals surface area (Å²) in [4.78, 5) is 2.21. The fourth-order valence-corrected chi connectivity index (χ4v) is 1.50. The van der Waals surface area contributed by atoms with Gasteiger partial charge in [-0.25, -0.2) is 0 Å². The third-order valence-corrected chi connectivity index (χ3v) is 2.53. The normalized spacial score (nSPS) is 40.9. The first-order chi connectivity index (χ1) is 5.15. The van der Waals surface area contributed by atoms with Crippen LogP contribution in [0.3, 0.4) is 0 Å². The van der Waals surface area contributed by atoms with Crippen molar-refractivity contribution in [3.8, 4) is 0 Å². The van der Waals surface area contributed by atoms with E-state index in [-0.39, 0.29) is 12.2 Å². The first-order valence-electron chi connectivity index (χ1n) is 4.06. The van der Waals surface area contributed by atoms with E-state index in [0.29, 0.717) is 6.04 Å². The molecule has 3 nitrogen and oxygen atoms in total. The lowest BCUT2D eigenvalue weighted by atomic mass is 9.99. The molecule has 0 aromatic heterocycles. The summed E-state index contributed by atoms with van der Waals surface area (Å²) < 4.78 is 5.13. The van der Waals surface area contributed by atoms with Crippen molar-refractivity contribution in [3.63, 3.8) is 0 Å². The molecule has 11 heavy (non-hydrogen) atoms. The van der Waals surface area contributed by atoms with Gasteiger partial charge in [-0.15, -0.1) is 0 Å². The predicted molar refractivity (Wildman–Crippen MR) is 43.5 cm³/mol. The van der Waals surface area contributed by atoms with E-state index < -0.39 is 0 Å². The summed E-state index contributed by atoms with van der Waals surface area (Å²) in [5.41, 5.74) is 0. The highest BCUT2D eigenvalue weighted by Gasteiger charge is 2.29. The van der Waals surface area contributed by atoms with E-state index in [1.807, 2.05) is 0 Å². The van der Waals surface area contributed by atoms with Gasteiger partial charge in [-0.2, -0.15) is 0 Å². The van der Waals surface area contributed by atoms with E-state index in [1.54, 1.807) is 7.11 Å². The second-order valence-electron chi connectivity index (χ2n) is 3.37. The van der Waals surface area contributed by atoms with Gasteiger partial charge in [-0.05, 0) is 20.4 Å². The molecule has 1 N–H and O–H groups in total. The number of hydrogen-bond donors (Lipinski definition) is 1. The average Bonchev–Trinajstić information content (AvgIpc) is 1.97. The summed E-state index contributed by atoms with van der Waals surface area (Å²) in [7, 11) is 3.71. The van der Waals surface area contributed by atoms with Crippen LogP contribution in [0.15, 0.2) is 0 Å². The largest absolute Gasteiger partial charge is 0.390 e. The van der Waals surface area contributed by atoms with Crippen molar-refractivity contribution in [3.05, 3.63) is 0 Å². The lowest BCUT2D eigenvalue weighted by Crippen LogP contribution is -2.50. The van der Waals surface area contributed by atoms with Gasteiger partial charge in [0.25, 0.3) is 0 Å². The molecule has 1 fully saturated rings. The van der Waals surface area contributed by atoms with Crippen LogP contribution in [0, 0.1) is 0 Å². The number of piperidine rings is 1. The molecule has 1 heterocycles. The molecule has 0 bridgehead atoms. The van der Waals surface area contributed by atoms with Gasteiger partial charge in [0.1, 0.15) is 0 Å². The number of nitrogens with zero attached hydrogens (tertiary/aromatic N) is 1. The first-order valence-corrected chi connectivity index (χ1v) is 4.06. The molecule has 1 aliphatic rings. The maximum absolute atomic E-state index is 9.51. The molecular weight excluding hydrogens is 142 g/mol. The van der Waals surface area contributed by atoms with Crippen LogP contribution in [-0.4, -0.2) is 49.0 Å². The van der Waals surface area contributed by atoms with Crippen LogP contribution >= 0.6 is 0 Å². The highest BCUT2D eigenvalue weighted by molar-refractivity contribution is 4.83. The summed E-state index contributed by atoms with van der Waals surface area (Å²) in [6, 6.07) is 0.469. The van der Waals surface area contributed by atoms with Crippen molar-refractivity contribution in [2.45, 2.75) is 31.6 Å². The van der Waals surface area contributed by atoms with E-state index in [2.05, 4.69) is 18.9 Å². The molecule has 1 rings (SSSR count). The van der Waals surface area contributed by atoms with E-state index in [4.69, 9.17) is 4.74 Å². The van der Waals surface area contributed by atoms with Crippen molar-refractivity contribution in [1.29, 1.82) is 0 Å². The molecule has 0 aliphatic carbocycles. The van der Waals surface area contributed by atoms with Crippen LogP contribution in [-0.2, 0) is 4.74 Å². The molecule has 0 aromatic carbocycles. The number of methoxy groups -OCH3 is 1. The number of aliphatic hydroxyl groups excluding tert-OH is 1. The number of rotatable bonds is 1. The Labute approximate surface area is 68.0 Å². The summed E-state index contributed by atoms with van der Waals surface area (Å²) in [6.45, 7) is 2.95. The molecule has 0 amide bonds. The zero-order valence-corrected chi connectivity index (χ0v) is 7.45. The molecular formula is C8H17NO2. The zero-order chi connectivity index (χ0) is 8.43. The van der Waals surface area contributed by atoms with Crippen LogP contribution in [0.25, 0.3) is 0 Å². The monoisotopic (exact) mass is 159 g/mol. The Morgan fingerprint density at radius 2 is 2.18 bits per heavy atom. The van der Waals surface area contributed by atoms with Crippen LogP contribution in [0.2, 0.25) is 0 Å². The number of likely N-dealkylation sites (N-methyl/N-ethyl adjacent to an activating group) is 1. The highest BCUT2D eigenvalue weighted by Crippen LogP contribution is 2.17. The van der Waals surface area contributed by atoms with E-state index in [9.17, 15) is 5.11 Å². The predicted octanol–water partition coefficient (Wildman–Crippen LogP) is 0.0863. The van der Waals surface area contributed by atoms with Gasteiger partial charge in [0.2, 0.25) is 0 Å². The highest BCUT2D eigenvalue weighted by atomic mass is 16.5. The van der Waals surface area contributed by atoms with Gasteiger partial charge in [0.05, 0.1) is 12.2 Å². The molecule has 66 valence electrons. The van der Waals surface area contributed by atoms with Crippen molar-refractivity contribution in [2.24, 2.45) is 0 Å². The van der Waals surface area contributed by atoms with E-state index >= 15 is 0 Å². The summed E-state index contributed by atoms with van der Waals surface area (Å²) in [5.74, 6) is 0. The lowest BCUT2D eigenvalue weighted by molar-refractivity contribution is -0.0705. The zero-order valence-electron chi connectivity index (χ0n) is 7.45. The fraction of sp³-hybridized carbons (Fsp3) is 1.00. The Morgan fingerprint density at radius 1 is 1.55 bits per heavy atom. The van der Waals surface area contributed by atoms with Crippen LogP contribution < -0.4 is 0 Å². The minimum atomic E-state index is -0.286.